The summed E-state index contributed by atoms with van der Waals surface area (Å²) >= 11 is 0. The number of fused-ring (bicyclic) bond motifs is 6. The van der Waals surface area contributed by atoms with Crippen LogP contribution in [0.1, 0.15) is 157 Å². The van der Waals surface area contributed by atoms with E-state index >= 15 is 0 Å². The number of carboxylic acid groups (broad SMARTS) is 1. The summed E-state index contributed by atoms with van der Waals surface area (Å²) in [6.07, 6.45) is 18.6. The Labute approximate surface area is 420 Å². The maximum absolute atomic E-state index is 13.7. The molecule has 12 fully saturated rings. The third kappa shape index (κ3) is 10.3. The van der Waals surface area contributed by atoms with Gasteiger partial charge in [0.05, 0.1) is 72.8 Å². The summed E-state index contributed by atoms with van der Waals surface area (Å²) in [5.41, 5.74) is 6.50. The second kappa shape index (κ2) is 20.8. The van der Waals surface area contributed by atoms with Gasteiger partial charge in [-0.05, 0) is 157 Å². The number of nitrogens with zero attached hydrogens (tertiary/aromatic N) is 2. The summed E-state index contributed by atoms with van der Waals surface area (Å²) in [5, 5.41) is 33.5. The van der Waals surface area contributed by atoms with E-state index in [2.05, 4.69) is 59.0 Å². The van der Waals surface area contributed by atoms with Crippen LogP contribution < -0.4 is 11.1 Å². The maximum atomic E-state index is 13.7. The molecule has 8 aliphatic carbocycles. The average molecular weight is 997 g/mol. The van der Waals surface area contributed by atoms with Gasteiger partial charge >= 0.3 is 11.9 Å². The molecule has 17 nitrogen and oxygen atoms in total. The lowest BCUT2D eigenvalue weighted by Crippen LogP contribution is -2.62. The van der Waals surface area contributed by atoms with Crippen LogP contribution >= 0.6 is 0 Å². The number of ketones is 1. The minimum Gasteiger partial charge on any atom is -0.481 e. The molecule has 1 amide bonds. The lowest BCUT2D eigenvalue weighted by atomic mass is 9.52. The summed E-state index contributed by atoms with van der Waals surface area (Å²) in [6.45, 7) is 14.0. The Kier molecular flexibility index (Phi) is 16.2. The van der Waals surface area contributed by atoms with Crippen molar-refractivity contribution in [1.29, 1.82) is 10.8 Å². The van der Waals surface area contributed by atoms with Gasteiger partial charge in [0.25, 0.3) is 0 Å². The molecule has 0 unspecified atom stereocenters. The second-order valence-corrected chi connectivity index (χ2v) is 24.0. The van der Waals surface area contributed by atoms with Gasteiger partial charge in [-0.1, -0.05) is 23.3 Å². The van der Waals surface area contributed by atoms with Crippen molar-refractivity contribution in [3.05, 3.63) is 23.3 Å². The average Bonchev–Trinajstić information content (AvgIpc) is 4.28. The zero-order valence-electron chi connectivity index (χ0n) is 44.0. The van der Waals surface area contributed by atoms with E-state index in [0.717, 1.165) is 90.3 Å². The van der Waals surface area contributed by atoms with Gasteiger partial charge in [0.2, 0.25) is 5.91 Å². The zero-order valence-corrected chi connectivity index (χ0v) is 44.0. The number of Topliss-reactive ketones (excluding diaryl/α,β-unsaturated/α-hetero) is 1. The van der Waals surface area contributed by atoms with Crippen molar-refractivity contribution in [2.45, 2.75) is 216 Å². The molecule has 2 spiro atoms. The molecule has 0 aromatic heterocycles. The first kappa shape index (κ1) is 55.4. The number of hydrogen-bond donors (Lipinski definition) is 4. The highest BCUT2D eigenvalue weighted by molar-refractivity contribution is 5.87. The van der Waals surface area contributed by atoms with Crippen molar-refractivity contribution in [3.8, 4) is 0 Å². The first-order valence-corrected chi connectivity index (χ1v) is 26.3. The predicted octanol–water partition coefficient (Wildman–Crippen LogP) is 6.72. The molecular weight excluding hydrogens is 913 g/mol. The van der Waals surface area contributed by atoms with Crippen LogP contribution in [0, 0.1) is 44.3 Å². The largest absolute Gasteiger partial charge is 0.481 e. The number of carbonyl (C=O) groups excluding carboxylic acids is 3. The molecular formula is C54H84N4O13. The normalized spacial score (nSPS) is 44.7. The van der Waals surface area contributed by atoms with Crippen LogP contribution in [-0.4, -0.2) is 134 Å². The van der Waals surface area contributed by atoms with E-state index in [1.807, 2.05) is 0 Å². The van der Waals surface area contributed by atoms with E-state index in [1.165, 1.54) is 18.3 Å². The molecule has 12 aliphatic rings. The Morgan fingerprint density at radius 1 is 0.648 bits per heavy atom. The van der Waals surface area contributed by atoms with Crippen molar-refractivity contribution in [1.82, 2.24) is 5.32 Å². The predicted molar refractivity (Wildman–Crippen MR) is 259 cm³/mol. The van der Waals surface area contributed by atoms with Crippen LogP contribution in [-0.2, 0) is 52.3 Å². The number of nitrogens with two attached hydrogens (primary N) is 1. The van der Waals surface area contributed by atoms with Gasteiger partial charge in [-0.25, -0.2) is 0 Å². The van der Waals surface area contributed by atoms with Gasteiger partial charge < -0.3 is 54.4 Å². The number of carboxylic acids is 1. The van der Waals surface area contributed by atoms with Crippen molar-refractivity contribution in [2.75, 3.05) is 41.2 Å². The number of aliphatic hydroxyl groups is 1. The maximum Gasteiger partial charge on any atom is 0.311 e. The number of methoxy groups -OCH3 is 3. The molecule has 0 aromatic carbocycles. The first-order chi connectivity index (χ1) is 33.6. The minimum absolute atomic E-state index is 0.0351. The molecule has 4 saturated heterocycles. The number of rotatable bonds is 14. The smallest absolute Gasteiger partial charge is 0.311 e. The van der Waals surface area contributed by atoms with E-state index < -0.39 is 23.4 Å². The molecule has 0 aromatic rings. The Morgan fingerprint density at radius 2 is 1.06 bits per heavy atom. The van der Waals surface area contributed by atoms with Crippen LogP contribution in [0.15, 0.2) is 23.3 Å². The van der Waals surface area contributed by atoms with Crippen LogP contribution in [0.25, 0.3) is 0 Å². The zero-order chi connectivity index (χ0) is 52.0. The Bertz CT molecular complexity index is 2020. The van der Waals surface area contributed by atoms with Gasteiger partial charge in [-0.2, -0.15) is 0 Å². The van der Waals surface area contributed by atoms with Gasteiger partial charge in [0.1, 0.15) is 17.8 Å². The summed E-state index contributed by atoms with van der Waals surface area (Å²) in [4.78, 5) is 48.8. The van der Waals surface area contributed by atoms with Gasteiger partial charge in [-0.15, -0.1) is 0 Å². The molecule has 0 radical (unpaired) electrons. The number of hydrogen-bond acceptors (Lipinski definition) is 15. The third-order valence-corrected chi connectivity index (χ3v) is 19.7. The number of amides is 1. The van der Waals surface area contributed by atoms with Gasteiger partial charge in [0, 0.05) is 53.7 Å². The number of aliphatic carboxylic acids is 1. The summed E-state index contributed by atoms with van der Waals surface area (Å²) in [7, 11) is 4.98. The highest BCUT2D eigenvalue weighted by Gasteiger charge is 2.73. The van der Waals surface area contributed by atoms with Crippen LogP contribution in [0.4, 0.5) is 0 Å². The number of esters is 1. The lowest BCUT2D eigenvalue weighted by molar-refractivity contribution is -0.167. The molecule has 4 heterocycles. The molecule has 4 aliphatic heterocycles. The molecule has 17 heteroatoms. The number of nitrogens with one attached hydrogen (secondary N) is 1. The second-order valence-electron chi connectivity index (χ2n) is 24.0. The molecule has 4 bridgehead atoms. The number of carbonyl (C=O) groups is 4. The molecule has 71 heavy (non-hydrogen) atoms. The van der Waals surface area contributed by atoms with Crippen molar-refractivity contribution in [3.63, 3.8) is 0 Å². The Balaban J connectivity index is 0.000000169. The first-order valence-electron chi connectivity index (χ1n) is 26.3. The summed E-state index contributed by atoms with van der Waals surface area (Å²) in [6, 6.07) is 0.0241. The van der Waals surface area contributed by atoms with E-state index in [-0.39, 0.29) is 99.2 Å². The minimum atomic E-state index is -0.716. The fourth-order valence-corrected chi connectivity index (χ4v) is 14.6. The van der Waals surface area contributed by atoms with Crippen molar-refractivity contribution in [2.24, 2.45) is 39.2 Å². The molecule has 12 atom stereocenters. The topological polar surface area (TPSA) is 272 Å². The number of aliphatic hydroxyl groups excluding tert-OH is 1. The SMILES string of the molecule is COC(=O)C12CCC(C(=O)N[C@@H]3CC[C@]4(CO4)[C@@H]([C@@]4(C)O[C@@H]4CC=C(C)C)[C@@H]3OC)(CC1)CC2.CO[C@@H]1[C@H](N)CC[C@]2(CO2)[C@H]1[C@@]1(C)O[C@@H]1CC=C(C)C.N#N.O=C(O)C12CCC(C(=O)CO)(CC1)CC2. The van der Waals surface area contributed by atoms with E-state index in [0.29, 0.717) is 38.5 Å². The van der Waals surface area contributed by atoms with Gasteiger partial charge in [-0.3, -0.25) is 19.2 Å². The monoisotopic (exact) mass is 997 g/mol. The molecule has 398 valence electrons. The molecule has 8 saturated carbocycles. The van der Waals surface area contributed by atoms with Crippen molar-refractivity contribution < 1.29 is 62.5 Å². The summed E-state index contributed by atoms with van der Waals surface area (Å²) < 4.78 is 41.2. The standard InChI is InChI=1S/C27H41NO6.C16H27NO3.C11H16O4.N2/c1-17(2)6-7-19-24(3,34-19)21-20(31-4)18(8-9-27(21)16-33-27)28-22(29)25-10-13-26(14-11-25,15-12-25)23(30)32-5;1-10(2)5-6-12-15(3,20-12)14-13(18-4)11(17)7-8-16(14)9-19-16;12-7-8(13)10-1-4-11(5-2-10,6-3-10)9(14)15;1-2/h6,18-21H,7-16H2,1-5H3,(H,28,29);5,11-14H,6-9,17H2,1-4H3;12H,1-7H2,(H,14,15);/t18-,19-,20-,21-,24+,25?,26?,27+;11-,12-,13-,14-,15+,16+;;/m11../s1. The quantitative estimate of drug-likeness (QED) is 0.0609. The molecule has 5 N–H and O–H groups in total. The third-order valence-electron chi connectivity index (χ3n) is 19.7. The van der Waals surface area contributed by atoms with Crippen LogP contribution in [0.2, 0.25) is 0 Å². The number of allylic oxidation sites excluding steroid dienone is 2. The van der Waals surface area contributed by atoms with Crippen LogP contribution in [0.3, 0.4) is 0 Å². The summed E-state index contributed by atoms with van der Waals surface area (Å²) in [5.74, 6) is -0.451. The molecule has 12 rings (SSSR count). The Morgan fingerprint density at radius 3 is 1.45 bits per heavy atom. The van der Waals surface area contributed by atoms with Crippen molar-refractivity contribution >= 4 is 23.6 Å². The van der Waals surface area contributed by atoms with Gasteiger partial charge in [0.15, 0.2) is 5.78 Å². The number of ether oxygens (including phenoxy) is 7. The Hall–Kier alpha value is -3.34. The highest BCUT2D eigenvalue weighted by atomic mass is 16.6. The fraction of sp³-hybridized carbons (Fsp3) is 0.852. The highest BCUT2D eigenvalue weighted by Crippen LogP contribution is 2.62. The van der Waals surface area contributed by atoms with Crippen LogP contribution in [0.5, 0.6) is 0 Å². The van der Waals surface area contributed by atoms with E-state index in [9.17, 15) is 19.2 Å². The lowest BCUT2D eigenvalue weighted by Gasteiger charge is -2.51. The van der Waals surface area contributed by atoms with E-state index in [1.54, 1.807) is 14.2 Å². The fourth-order valence-electron chi connectivity index (χ4n) is 14.6. The number of epoxide rings is 4. The van der Waals surface area contributed by atoms with E-state index in [4.69, 9.17) is 59.9 Å².